The van der Waals surface area contributed by atoms with Gasteiger partial charge in [0.05, 0.1) is 18.9 Å². The van der Waals surface area contributed by atoms with Gasteiger partial charge in [-0.1, -0.05) is 15.9 Å². The van der Waals surface area contributed by atoms with E-state index in [1.54, 1.807) is 6.26 Å². The van der Waals surface area contributed by atoms with Crippen LogP contribution in [-0.4, -0.2) is 13.7 Å². The number of benzene rings is 1. The molecule has 1 unspecified atom stereocenters. The zero-order valence-electron chi connectivity index (χ0n) is 10.8. The molecule has 0 bridgehead atoms. The fourth-order valence-electron chi connectivity index (χ4n) is 2.55. The predicted molar refractivity (Wildman–Crippen MR) is 77.6 cm³/mol. The average molecular weight is 322 g/mol. The van der Waals surface area contributed by atoms with Crippen LogP contribution in [0.5, 0.6) is 5.75 Å². The van der Waals surface area contributed by atoms with Crippen molar-refractivity contribution in [2.24, 2.45) is 0 Å². The lowest BCUT2D eigenvalue weighted by atomic mass is 10.0. The first kappa shape index (κ1) is 12.8. The standard InChI is InChI=1S/C15H16BrNO2/c1-17-13(14-3-2-5-18-14)9-11-8-12(16)7-10-4-6-19-15(10)11/h2-3,5,7-8,13,17H,4,6,9H2,1H3. The van der Waals surface area contributed by atoms with E-state index in [0.717, 1.165) is 35.4 Å². The second kappa shape index (κ2) is 5.39. The highest BCUT2D eigenvalue weighted by molar-refractivity contribution is 9.10. The molecule has 1 aromatic heterocycles. The van der Waals surface area contributed by atoms with Crippen LogP contribution in [0.1, 0.15) is 22.9 Å². The number of rotatable bonds is 4. The summed E-state index contributed by atoms with van der Waals surface area (Å²) in [6.45, 7) is 0.782. The Labute approximate surface area is 121 Å². The van der Waals surface area contributed by atoms with Crippen molar-refractivity contribution in [2.75, 3.05) is 13.7 Å². The molecule has 0 spiro atoms. The van der Waals surface area contributed by atoms with Gasteiger partial charge in [0, 0.05) is 10.9 Å². The van der Waals surface area contributed by atoms with Crippen LogP contribution in [0.25, 0.3) is 0 Å². The van der Waals surface area contributed by atoms with Gasteiger partial charge < -0.3 is 14.5 Å². The van der Waals surface area contributed by atoms with E-state index in [0.29, 0.717) is 0 Å². The third-order valence-corrected chi connectivity index (χ3v) is 3.94. The average Bonchev–Trinajstić information content (AvgIpc) is 3.05. The molecule has 0 aliphatic carbocycles. The Kier molecular flexibility index (Phi) is 3.62. The smallest absolute Gasteiger partial charge is 0.125 e. The molecule has 0 saturated carbocycles. The first-order chi connectivity index (χ1) is 9.28. The van der Waals surface area contributed by atoms with Crippen LogP contribution >= 0.6 is 15.9 Å². The molecule has 2 aromatic rings. The van der Waals surface area contributed by atoms with Crippen LogP contribution in [0.3, 0.4) is 0 Å². The molecule has 4 heteroatoms. The van der Waals surface area contributed by atoms with Crippen molar-refractivity contribution in [1.82, 2.24) is 5.32 Å². The molecular weight excluding hydrogens is 306 g/mol. The number of furan rings is 1. The summed E-state index contributed by atoms with van der Waals surface area (Å²) >= 11 is 3.58. The van der Waals surface area contributed by atoms with Gasteiger partial charge in [-0.3, -0.25) is 0 Å². The molecule has 100 valence electrons. The number of hydrogen-bond acceptors (Lipinski definition) is 3. The van der Waals surface area contributed by atoms with Gasteiger partial charge in [0.1, 0.15) is 11.5 Å². The Morgan fingerprint density at radius 3 is 3.05 bits per heavy atom. The molecule has 2 heterocycles. The lowest BCUT2D eigenvalue weighted by Gasteiger charge is -2.16. The Hall–Kier alpha value is -1.26. The number of likely N-dealkylation sites (N-methyl/N-ethyl adjacent to an activating group) is 1. The van der Waals surface area contributed by atoms with Gasteiger partial charge in [-0.05, 0) is 48.9 Å². The topological polar surface area (TPSA) is 34.4 Å². The number of hydrogen-bond donors (Lipinski definition) is 1. The molecule has 1 aliphatic rings. The van der Waals surface area contributed by atoms with E-state index in [4.69, 9.17) is 9.15 Å². The molecule has 0 radical (unpaired) electrons. The summed E-state index contributed by atoms with van der Waals surface area (Å²) in [6.07, 6.45) is 3.56. The van der Waals surface area contributed by atoms with E-state index in [1.165, 1.54) is 11.1 Å². The number of halogens is 1. The minimum Gasteiger partial charge on any atom is -0.493 e. The number of fused-ring (bicyclic) bond motifs is 1. The first-order valence-electron chi connectivity index (χ1n) is 6.42. The highest BCUT2D eigenvalue weighted by Gasteiger charge is 2.21. The molecule has 1 atom stereocenters. The first-order valence-corrected chi connectivity index (χ1v) is 7.22. The van der Waals surface area contributed by atoms with E-state index < -0.39 is 0 Å². The van der Waals surface area contributed by atoms with Gasteiger partial charge in [0.2, 0.25) is 0 Å². The summed E-state index contributed by atoms with van der Waals surface area (Å²) in [5, 5.41) is 3.30. The van der Waals surface area contributed by atoms with E-state index >= 15 is 0 Å². The van der Waals surface area contributed by atoms with E-state index in [1.807, 2.05) is 19.2 Å². The van der Waals surface area contributed by atoms with Gasteiger partial charge in [0.25, 0.3) is 0 Å². The van der Waals surface area contributed by atoms with Gasteiger partial charge in [-0.25, -0.2) is 0 Å². The second-order valence-corrected chi connectivity index (χ2v) is 5.63. The highest BCUT2D eigenvalue weighted by atomic mass is 79.9. The fourth-order valence-corrected chi connectivity index (χ4v) is 3.10. The SMILES string of the molecule is CNC(Cc1cc(Br)cc2c1OCC2)c1ccco1. The lowest BCUT2D eigenvalue weighted by molar-refractivity contribution is 0.350. The van der Waals surface area contributed by atoms with Crippen LogP contribution in [0.2, 0.25) is 0 Å². The molecular formula is C15H16BrNO2. The van der Waals surface area contributed by atoms with Crippen molar-refractivity contribution in [3.8, 4) is 5.75 Å². The summed E-state index contributed by atoms with van der Waals surface area (Å²) in [4.78, 5) is 0. The molecule has 0 amide bonds. The fraction of sp³-hybridized carbons (Fsp3) is 0.333. The summed E-state index contributed by atoms with van der Waals surface area (Å²) in [7, 11) is 1.95. The van der Waals surface area contributed by atoms with E-state index in [2.05, 4.69) is 33.4 Å². The quantitative estimate of drug-likeness (QED) is 0.936. The maximum Gasteiger partial charge on any atom is 0.125 e. The lowest BCUT2D eigenvalue weighted by Crippen LogP contribution is -2.18. The van der Waals surface area contributed by atoms with Gasteiger partial charge in [0.15, 0.2) is 0 Å². The third-order valence-electron chi connectivity index (χ3n) is 3.48. The third kappa shape index (κ3) is 2.55. The van der Waals surface area contributed by atoms with Crippen molar-refractivity contribution < 1.29 is 9.15 Å². The molecule has 1 aromatic carbocycles. The van der Waals surface area contributed by atoms with Gasteiger partial charge in [-0.2, -0.15) is 0 Å². The highest BCUT2D eigenvalue weighted by Crippen LogP contribution is 2.35. The van der Waals surface area contributed by atoms with Crippen LogP contribution in [0.4, 0.5) is 0 Å². The van der Waals surface area contributed by atoms with Crippen molar-refractivity contribution in [1.29, 1.82) is 0 Å². The van der Waals surface area contributed by atoms with Crippen LogP contribution < -0.4 is 10.1 Å². The molecule has 1 aliphatic heterocycles. The Balaban J connectivity index is 1.90. The molecule has 3 rings (SSSR count). The zero-order chi connectivity index (χ0) is 13.2. The van der Waals surface area contributed by atoms with Crippen molar-refractivity contribution in [2.45, 2.75) is 18.9 Å². The number of ether oxygens (including phenoxy) is 1. The Morgan fingerprint density at radius 1 is 1.42 bits per heavy atom. The van der Waals surface area contributed by atoms with Gasteiger partial charge >= 0.3 is 0 Å². The summed E-state index contributed by atoms with van der Waals surface area (Å²) in [5.41, 5.74) is 2.51. The predicted octanol–water partition coefficient (Wildman–Crippen LogP) is 3.48. The molecule has 3 nitrogen and oxygen atoms in total. The van der Waals surface area contributed by atoms with Crippen molar-refractivity contribution in [3.63, 3.8) is 0 Å². The largest absolute Gasteiger partial charge is 0.493 e. The van der Waals surface area contributed by atoms with Crippen molar-refractivity contribution >= 4 is 15.9 Å². The van der Waals surface area contributed by atoms with Crippen LogP contribution in [0.15, 0.2) is 39.4 Å². The molecule has 0 saturated heterocycles. The normalized spacial score (nSPS) is 15.1. The molecule has 1 N–H and O–H groups in total. The summed E-state index contributed by atoms with van der Waals surface area (Å²) in [6, 6.07) is 8.37. The maximum absolute atomic E-state index is 5.77. The van der Waals surface area contributed by atoms with Crippen LogP contribution in [-0.2, 0) is 12.8 Å². The number of nitrogens with one attached hydrogen (secondary N) is 1. The van der Waals surface area contributed by atoms with Gasteiger partial charge in [-0.15, -0.1) is 0 Å². The maximum atomic E-state index is 5.77. The van der Waals surface area contributed by atoms with E-state index in [-0.39, 0.29) is 6.04 Å². The summed E-state index contributed by atoms with van der Waals surface area (Å²) < 4.78 is 12.4. The van der Waals surface area contributed by atoms with Crippen LogP contribution in [0, 0.1) is 0 Å². The zero-order valence-corrected chi connectivity index (χ0v) is 12.4. The molecule has 0 fully saturated rings. The molecule has 19 heavy (non-hydrogen) atoms. The minimum atomic E-state index is 0.164. The Morgan fingerprint density at radius 2 is 2.32 bits per heavy atom. The second-order valence-electron chi connectivity index (χ2n) is 4.71. The van der Waals surface area contributed by atoms with Crippen molar-refractivity contribution in [3.05, 3.63) is 51.9 Å². The minimum absolute atomic E-state index is 0.164. The van der Waals surface area contributed by atoms with E-state index in [9.17, 15) is 0 Å². The monoisotopic (exact) mass is 321 g/mol. The Bertz CT molecular complexity index is 566. The summed E-state index contributed by atoms with van der Waals surface area (Å²) in [5.74, 6) is 2.00.